The Labute approximate surface area is 129 Å². The molecule has 2 aromatic rings. The Bertz CT molecular complexity index is 617. The minimum atomic E-state index is -0.173. The quantitative estimate of drug-likeness (QED) is 0.922. The average molecular weight is 305 g/mol. The number of rotatable bonds is 5. The van der Waals surface area contributed by atoms with Gasteiger partial charge in [0, 0.05) is 17.4 Å². The number of carbonyl (C=O) groups is 1. The van der Waals surface area contributed by atoms with E-state index in [1.807, 2.05) is 26.0 Å². The van der Waals surface area contributed by atoms with Crippen molar-refractivity contribution in [2.75, 3.05) is 6.61 Å². The first kappa shape index (κ1) is 15.3. The molecule has 0 radical (unpaired) electrons. The van der Waals surface area contributed by atoms with E-state index in [1.165, 1.54) is 0 Å². The summed E-state index contributed by atoms with van der Waals surface area (Å²) in [6, 6.07) is 8.95. The number of halogens is 1. The van der Waals surface area contributed by atoms with E-state index in [9.17, 15) is 4.79 Å². The Morgan fingerprint density at radius 1 is 1.33 bits per heavy atom. The lowest BCUT2D eigenvalue weighted by Crippen LogP contribution is -2.31. The largest absolute Gasteiger partial charge is 0.484 e. The van der Waals surface area contributed by atoms with Gasteiger partial charge in [-0.1, -0.05) is 11.6 Å². The zero-order valence-electron chi connectivity index (χ0n) is 12.0. The maximum absolute atomic E-state index is 11.9. The number of pyridine rings is 1. The van der Waals surface area contributed by atoms with Gasteiger partial charge in [0.15, 0.2) is 6.61 Å². The SMILES string of the molecule is Cc1cc(Cl)ccc1OCC(=O)N[C@H](C)c1ccncc1. The molecule has 110 valence electrons. The summed E-state index contributed by atoms with van der Waals surface area (Å²) >= 11 is 5.88. The molecular weight excluding hydrogens is 288 g/mol. The fourth-order valence-electron chi connectivity index (χ4n) is 1.94. The molecule has 0 bridgehead atoms. The van der Waals surface area contributed by atoms with E-state index in [4.69, 9.17) is 16.3 Å². The van der Waals surface area contributed by atoms with Crippen LogP contribution in [0.2, 0.25) is 5.02 Å². The van der Waals surface area contributed by atoms with Crippen LogP contribution in [0.1, 0.15) is 24.1 Å². The number of hydrogen-bond acceptors (Lipinski definition) is 3. The van der Waals surface area contributed by atoms with Crippen molar-refractivity contribution >= 4 is 17.5 Å². The van der Waals surface area contributed by atoms with Crippen LogP contribution in [0.25, 0.3) is 0 Å². The van der Waals surface area contributed by atoms with Crippen LogP contribution in [0.4, 0.5) is 0 Å². The minimum Gasteiger partial charge on any atom is -0.484 e. The summed E-state index contributed by atoms with van der Waals surface area (Å²) in [4.78, 5) is 15.9. The maximum Gasteiger partial charge on any atom is 0.258 e. The summed E-state index contributed by atoms with van der Waals surface area (Å²) in [5, 5.41) is 3.53. The number of nitrogens with zero attached hydrogens (tertiary/aromatic N) is 1. The molecule has 5 heteroatoms. The molecule has 1 amide bonds. The van der Waals surface area contributed by atoms with Crippen LogP contribution < -0.4 is 10.1 Å². The lowest BCUT2D eigenvalue weighted by atomic mass is 10.1. The van der Waals surface area contributed by atoms with Gasteiger partial charge in [0.05, 0.1) is 6.04 Å². The normalized spacial score (nSPS) is 11.8. The van der Waals surface area contributed by atoms with Gasteiger partial charge in [0.1, 0.15) is 5.75 Å². The monoisotopic (exact) mass is 304 g/mol. The number of amides is 1. The molecule has 0 fully saturated rings. The van der Waals surface area contributed by atoms with Gasteiger partial charge in [-0.2, -0.15) is 0 Å². The molecule has 1 aromatic carbocycles. The summed E-state index contributed by atoms with van der Waals surface area (Å²) in [6.07, 6.45) is 3.40. The van der Waals surface area contributed by atoms with Gasteiger partial charge in [-0.25, -0.2) is 0 Å². The van der Waals surface area contributed by atoms with E-state index in [0.29, 0.717) is 10.8 Å². The molecule has 1 heterocycles. The highest BCUT2D eigenvalue weighted by atomic mass is 35.5. The molecule has 21 heavy (non-hydrogen) atoms. The summed E-state index contributed by atoms with van der Waals surface area (Å²) in [5.74, 6) is 0.486. The van der Waals surface area contributed by atoms with Gasteiger partial charge in [-0.3, -0.25) is 9.78 Å². The van der Waals surface area contributed by atoms with E-state index in [2.05, 4.69) is 10.3 Å². The van der Waals surface area contributed by atoms with Crippen molar-refractivity contribution < 1.29 is 9.53 Å². The number of carbonyl (C=O) groups excluding carboxylic acids is 1. The lowest BCUT2D eigenvalue weighted by Gasteiger charge is -2.15. The first-order chi connectivity index (χ1) is 10.1. The van der Waals surface area contributed by atoms with Crippen LogP contribution in [-0.2, 0) is 4.79 Å². The van der Waals surface area contributed by atoms with Crippen molar-refractivity contribution in [3.63, 3.8) is 0 Å². The lowest BCUT2D eigenvalue weighted by molar-refractivity contribution is -0.123. The average Bonchev–Trinajstić information content (AvgIpc) is 2.47. The van der Waals surface area contributed by atoms with Crippen molar-refractivity contribution in [3.8, 4) is 5.75 Å². The summed E-state index contributed by atoms with van der Waals surface area (Å²) in [6.45, 7) is 3.78. The molecule has 1 atom stereocenters. The van der Waals surface area contributed by atoms with Crippen molar-refractivity contribution in [2.45, 2.75) is 19.9 Å². The first-order valence-electron chi connectivity index (χ1n) is 6.64. The Morgan fingerprint density at radius 3 is 2.71 bits per heavy atom. The highest BCUT2D eigenvalue weighted by Crippen LogP contribution is 2.21. The highest BCUT2D eigenvalue weighted by Gasteiger charge is 2.10. The van der Waals surface area contributed by atoms with Crippen LogP contribution in [0.3, 0.4) is 0 Å². The third-order valence-corrected chi connectivity index (χ3v) is 3.31. The molecule has 0 unspecified atom stereocenters. The van der Waals surface area contributed by atoms with E-state index < -0.39 is 0 Å². The zero-order valence-corrected chi connectivity index (χ0v) is 12.7. The van der Waals surface area contributed by atoms with Gasteiger partial charge < -0.3 is 10.1 Å². The van der Waals surface area contributed by atoms with Crippen LogP contribution in [0.15, 0.2) is 42.7 Å². The fraction of sp³-hybridized carbons (Fsp3) is 0.250. The molecule has 1 aromatic heterocycles. The minimum absolute atomic E-state index is 0.0299. The van der Waals surface area contributed by atoms with Crippen molar-refractivity contribution in [2.24, 2.45) is 0 Å². The maximum atomic E-state index is 11.9. The van der Waals surface area contributed by atoms with Gasteiger partial charge >= 0.3 is 0 Å². The molecule has 0 spiro atoms. The van der Waals surface area contributed by atoms with Crippen LogP contribution in [0, 0.1) is 6.92 Å². The summed E-state index contributed by atoms with van der Waals surface area (Å²) in [7, 11) is 0. The Balaban J connectivity index is 1.87. The number of ether oxygens (including phenoxy) is 1. The number of aromatic nitrogens is 1. The first-order valence-corrected chi connectivity index (χ1v) is 7.02. The third kappa shape index (κ3) is 4.46. The van der Waals surface area contributed by atoms with Gasteiger partial charge in [-0.05, 0) is 55.3 Å². The van der Waals surface area contributed by atoms with E-state index >= 15 is 0 Å². The zero-order chi connectivity index (χ0) is 15.2. The predicted octanol–water partition coefficient (Wildman–Crippen LogP) is 3.30. The van der Waals surface area contributed by atoms with E-state index in [0.717, 1.165) is 11.1 Å². The van der Waals surface area contributed by atoms with E-state index in [-0.39, 0.29) is 18.6 Å². The standard InChI is InChI=1S/C16H17ClN2O2/c1-11-9-14(17)3-4-15(11)21-10-16(20)19-12(2)13-5-7-18-8-6-13/h3-9,12H,10H2,1-2H3,(H,19,20)/t12-/m1/s1. The van der Waals surface area contributed by atoms with Gasteiger partial charge in [0.2, 0.25) is 0 Å². The predicted molar refractivity (Wildman–Crippen MR) is 82.5 cm³/mol. The molecule has 2 rings (SSSR count). The van der Waals surface area contributed by atoms with Gasteiger partial charge in [-0.15, -0.1) is 0 Å². The van der Waals surface area contributed by atoms with Crippen LogP contribution in [0.5, 0.6) is 5.75 Å². The van der Waals surface area contributed by atoms with Crippen LogP contribution >= 0.6 is 11.6 Å². The van der Waals surface area contributed by atoms with Crippen molar-refractivity contribution in [1.29, 1.82) is 0 Å². The summed E-state index contributed by atoms with van der Waals surface area (Å²) in [5.41, 5.74) is 1.90. The number of benzene rings is 1. The molecule has 4 nitrogen and oxygen atoms in total. The number of nitrogens with one attached hydrogen (secondary N) is 1. The van der Waals surface area contributed by atoms with Crippen LogP contribution in [-0.4, -0.2) is 17.5 Å². The highest BCUT2D eigenvalue weighted by molar-refractivity contribution is 6.30. The topological polar surface area (TPSA) is 51.2 Å². The molecule has 0 aliphatic heterocycles. The second-order valence-corrected chi connectivity index (χ2v) is 5.20. The Hall–Kier alpha value is -2.07. The summed E-state index contributed by atoms with van der Waals surface area (Å²) < 4.78 is 5.51. The number of aryl methyl sites for hydroxylation is 1. The smallest absolute Gasteiger partial charge is 0.258 e. The second-order valence-electron chi connectivity index (χ2n) is 4.77. The molecule has 0 saturated heterocycles. The van der Waals surface area contributed by atoms with Crippen molar-refractivity contribution in [3.05, 3.63) is 58.9 Å². The molecule has 0 aliphatic carbocycles. The molecule has 1 N–H and O–H groups in total. The van der Waals surface area contributed by atoms with Crippen molar-refractivity contribution in [1.82, 2.24) is 10.3 Å². The fourth-order valence-corrected chi connectivity index (χ4v) is 2.16. The molecule has 0 saturated carbocycles. The van der Waals surface area contributed by atoms with E-state index in [1.54, 1.807) is 30.6 Å². The molecular formula is C16H17ClN2O2. The second kappa shape index (κ2) is 7.09. The molecule has 0 aliphatic rings. The number of hydrogen-bond donors (Lipinski definition) is 1. The third-order valence-electron chi connectivity index (χ3n) is 3.08. The Kier molecular flexibility index (Phi) is 5.17. The Morgan fingerprint density at radius 2 is 2.05 bits per heavy atom. The van der Waals surface area contributed by atoms with Gasteiger partial charge in [0.25, 0.3) is 5.91 Å².